The molecule has 1 heterocycles. The van der Waals surface area contributed by atoms with E-state index in [1.807, 2.05) is 30.3 Å². The van der Waals surface area contributed by atoms with E-state index in [-0.39, 0.29) is 24.4 Å². The van der Waals surface area contributed by atoms with Crippen molar-refractivity contribution in [3.05, 3.63) is 88.2 Å². The molecule has 29 heavy (non-hydrogen) atoms. The number of nitrogens with one attached hydrogen (secondary N) is 1. The molecule has 150 valence electrons. The fourth-order valence-corrected chi connectivity index (χ4v) is 3.14. The van der Waals surface area contributed by atoms with Gasteiger partial charge in [0.25, 0.3) is 5.56 Å². The smallest absolute Gasteiger partial charge is 0.266 e. The molecule has 0 saturated heterocycles. The molecule has 2 aromatic carbocycles. The molecule has 0 saturated carbocycles. The zero-order chi connectivity index (χ0) is 20.5. The van der Waals surface area contributed by atoms with E-state index in [4.69, 9.17) is 0 Å². The first-order chi connectivity index (χ1) is 14.2. The van der Waals surface area contributed by atoms with Crippen molar-refractivity contribution in [3.63, 3.8) is 0 Å². The molecule has 0 fully saturated rings. The largest absolute Gasteiger partial charge is 0.356 e. The topological polar surface area (TPSA) is 64.0 Å². The number of hydrogen-bond acceptors (Lipinski definition) is 3. The van der Waals surface area contributed by atoms with Crippen molar-refractivity contribution in [1.82, 2.24) is 15.1 Å². The maximum Gasteiger partial charge on any atom is 0.266 e. The Balaban J connectivity index is 1.50. The van der Waals surface area contributed by atoms with Gasteiger partial charge in [0.1, 0.15) is 0 Å². The van der Waals surface area contributed by atoms with Crippen molar-refractivity contribution in [2.45, 2.75) is 39.2 Å². The van der Waals surface area contributed by atoms with Gasteiger partial charge in [0, 0.05) is 24.6 Å². The molecule has 0 atom stereocenters. The Kier molecular flexibility index (Phi) is 7.34. The zero-order valence-corrected chi connectivity index (χ0v) is 16.8. The van der Waals surface area contributed by atoms with Gasteiger partial charge in [-0.05, 0) is 36.5 Å². The van der Waals surface area contributed by atoms with Crippen molar-refractivity contribution in [1.29, 1.82) is 0 Å². The van der Waals surface area contributed by atoms with Gasteiger partial charge < -0.3 is 5.32 Å². The first kappa shape index (κ1) is 20.5. The van der Waals surface area contributed by atoms with Gasteiger partial charge in [-0.15, -0.1) is 0 Å². The maximum absolute atomic E-state index is 12.1. The number of aromatic nitrogens is 2. The van der Waals surface area contributed by atoms with E-state index in [2.05, 4.69) is 41.6 Å². The summed E-state index contributed by atoms with van der Waals surface area (Å²) in [6.45, 7) is 3.00. The molecule has 0 aliphatic heterocycles. The fraction of sp³-hybridized carbons (Fsp3) is 0.292. The third kappa shape index (κ3) is 6.14. The third-order valence-corrected chi connectivity index (χ3v) is 4.88. The molecule has 0 aliphatic carbocycles. The Bertz CT molecular complexity index is 979. The minimum absolute atomic E-state index is 0.0653. The van der Waals surface area contributed by atoms with Gasteiger partial charge >= 0.3 is 0 Å². The number of hydrogen-bond donors (Lipinski definition) is 1. The summed E-state index contributed by atoms with van der Waals surface area (Å²) in [5, 5.41) is 7.35. The lowest BCUT2D eigenvalue weighted by atomic mass is 10.1. The SMILES string of the molecule is CCc1ccc(-c2ccc(=O)n(CCC(=O)NCCCc3ccccc3)n2)cc1. The summed E-state index contributed by atoms with van der Waals surface area (Å²) in [4.78, 5) is 24.2. The maximum atomic E-state index is 12.1. The van der Waals surface area contributed by atoms with Crippen molar-refractivity contribution < 1.29 is 4.79 Å². The van der Waals surface area contributed by atoms with Crippen molar-refractivity contribution in [2.24, 2.45) is 0 Å². The van der Waals surface area contributed by atoms with Crippen LogP contribution in [-0.4, -0.2) is 22.2 Å². The van der Waals surface area contributed by atoms with Gasteiger partial charge in [0.05, 0.1) is 12.2 Å². The highest BCUT2D eigenvalue weighted by atomic mass is 16.2. The zero-order valence-electron chi connectivity index (χ0n) is 16.8. The van der Waals surface area contributed by atoms with E-state index in [1.165, 1.54) is 21.9 Å². The molecule has 0 radical (unpaired) electrons. The molecule has 1 N–H and O–H groups in total. The molecule has 0 bridgehead atoms. The lowest BCUT2D eigenvalue weighted by Gasteiger charge is -2.09. The van der Waals surface area contributed by atoms with Crippen LogP contribution in [0.25, 0.3) is 11.3 Å². The second-order valence-electron chi connectivity index (χ2n) is 7.02. The van der Waals surface area contributed by atoms with E-state index >= 15 is 0 Å². The Morgan fingerprint density at radius 1 is 0.966 bits per heavy atom. The molecule has 5 heteroatoms. The van der Waals surface area contributed by atoms with Crippen LogP contribution in [-0.2, 0) is 24.2 Å². The molecule has 5 nitrogen and oxygen atoms in total. The Morgan fingerprint density at radius 3 is 2.45 bits per heavy atom. The van der Waals surface area contributed by atoms with Crippen LogP contribution in [0.1, 0.15) is 30.9 Å². The van der Waals surface area contributed by atoms with E-state index in [9.17, 15) is 9.59 Å². The number of rotatable bonds is 9. The minimum atomic E-state index is -0.198. The number of nitrogens with zero attached hydrogens (tertiary/aromatic N) is 2. The highest BCUT2D eigenvalue weighted by molar-refractivity contribution is 5.75. The molecular formula is C24H27N3O2. The summed E-state index contributed by atoms with van der Waals surface area (Å²) in [5.74, 6) is -0.0653. The van der Waals surface area contributed by atoms with E-state index < -0.39 is 0 Å². The predicted octanol–water partition coefficient (Wildman–Crippen LogP) is 3.61. The second kappa shape index (κ2) is 10.4. The van der Waals surface area contributed by atoms with Gasteiger partial charge in [-0.3, -0.25) is 9.59 Å². The summed E-state index contributed by atoms with van der Waals surface area (Å²) in [6.07, 6.45) is 3.03. The summed E-state index contributed by atoms with van der Waals surface area (Å²) in [6, 6.07) is 21.6. The standard InChI is InChI=1S/C24H27N3O2/c1-2-19-10-12-21(13-11-19)22-14-15-24(29)27(26-22)18-16-23(28)25-17-6-9-20-7-4-3-5-8-20/h3-5,7-8,10-15H,2,6,9,16-18H2,1H3,(H,25,28). The van der Waals surface area contributed by atoms with Crippen LogP contribution in [0.15, 0.2) is 71.5 Å². The number of amides is 1. The van der Waals surface area contributed by atoms with Gasteiger partial charge in [-0.1, -0.05) is 61.5 Å². The lowest BCUT2D eigenvalue weighted by molar-refractivity contribution is -0.121. The molecule has 1 amide bonds. The number of carbonyl (C=O) groups is 1. The Hall–Kier alpha value is -3.21. The first-order valence-corrected chi connectivity index (χ1v) is 10.1. The highest BCUT2D eigenvalue weighted by Crippen LogP contribution is 2.16. The van der Waals surface area contributed by atoms with Crippen LogP contribution in [0.4, 0.5) is 0 Å². The molecule has 3 rings (SSSR count). The van der Waals surface area contributed by atoms with Crippen LogP contribution in [0.3, 0.4) is 0 Å². The summed E-state index contributed by atoms with van der Waals surface area (Å²) in [7, 11) is 0. The number of aryl methyl sites for hydroxylation is 3. The van der Waals surface area contributed by atoms with Crippen LogP contribution >= 0.6 is 0 Å². The van der Waals surface area contributed by atoms with Gasteiger partial charge in [-0.2, -0.15) is 5.10 Å². The average molecular weight is 389 g/mol. The second-order valence-corrected chi connectivity index (χ2v) is 7.02. The van der Waals surface area contributed by atoms with Crippen molar-refractivity contribution in [3.8, 4) is 11.3 Å². The monoisotopic (exact) mass is 389 g/mol. The van der Waals surface area contributed by atoms with Crippen molar-refractivity contribution >= 4 is 5.91 Å². The van der Waals surface area contributed by atoms with Gasteiger partial charge in [-0.25, -0.2) is 4.68 Å². The van der Waals surface area contributed by atoms with Crippen LogP contribution in [0.2, 0.25) is 0 Å². The normalized spacial score (nSPS) is 10.7. The molecule has 0 spiro atoms. The predicted molar refractivity (Wildman–Crippen MR) is 116 cm³/mol. The first-order valence-electron chi connectivity index (χ1n) is 10.1. The van der Waals surface area contributed by atoms with Crippen LogP contribution < -0.4 is 10.9 Å². The molecular weight excluding hydrogens is 362 g/mol. The van der Waals surface area contributed by atoms with Crippen molar-refractivity contribution in [2.75, 3.05) is 6.54 Å². The average Bonchev–Trinajstić information content (AvgIpc) is 2.77. The summed E-state index contributed by atoms with van der Waals surface area (Å²) < 4.78 is 1.37. The molecule has 1 aromatic heterocycles. The third-order valence-electron chi connectivity index (χ3n) is 4.88. The fourth-order valence-electron chi connectivity index (χ4n) is 3.14. The summed E-state index contributed by atoms with van der Waals surface area (Å²) in [5.41, 5.74) is 4.01. The molecule has 0 aliphatic rings. The van der Waals surface area contributed by atoms with Crippen LogP contribution in [0, 0.1) is 0 Å². The highest BCUT2D eigenvalue weighted by Gasteiger charge is 2.07. The van der Waals surface area contributed by atoms with E-state index in [0.717, 1.165) is 30.5 Å². The lowest BCUT2D eigenvalue weighted by Crippen LogP contribution is -2.29. The number of benzene rings is 2. The minimum Gasteiger partial charge on any atom is -0.356 e. The van der Waals surface area contributed by atoms with Crippen LogP contribution in [0.5, 0.6) is 0 Å². The summed E-state index contributed by atoms with van der Waals surface area (Å²) >= 11 is 0. The quantitative estimate of drug-likeness (QED) is 0.569. The number of carbonyl (C=O) groups excluding carboxylic acids is 1. The molecule has 3 aromatic rings. The Labute approximate surface area is 171 Å². The van der Waals surface area contributed by atoms with E-state index in [0.29, 0.717) is 6.54 Å². The van der Waals surface area contributed by atoms with Gasteiger partial charge in [0.2, 0.25) is 5.91 Å². The van der Waals surface area contributed by atoms with E-state index in [1.54, 1.807) is 6.07 Å². The molecule has 0 unspecified atom stereocenters. The van der Waals surface area contributed by atoms with Gasteiger partial charge in [0.15, 0.2) is 0 Å². The Morgan fingerprint density at radius 2 is 1.72 bits per heavy atom.